The summed E-state index contributed by atoms with van der Waals surface area (Å²) in [5, 5.41) is 3.36. The van der Waals surface area contributed by atoms with Gasteiger partial charge in [-0.1, -0.05) is 116 Å². The fourth-order valence-corrected chi connectivity index (χ4v) is 7.95. The monoisotopic (exact) mass is 618 g/mol. The van der Waals surface area contributed by atoms with Gasteiger partial charge >= 0.3 is 0 Å². The maximum Gasteiger partial charge on any atom is 0.279 e. The van der Waals surface area contributed by atoms with E-state index in [1.54, 1.807) is 10.0 Å². The number of ether oxygens (including phenoxy) is 2. The van der Waals surface area contributed by atoms with E-state index in [2.05, 4.69) is 41.5 Å². The van der Waals surface area contributed by atoms with Gasteiger partial charge in [0.05, 0.1) is 27.2 Å². The molecule has 2 aliphatic heterocycles. The molecule has 3 rings (SSSR count). The van der Waals surface area contributed by atoms with Gasteiger partial charge in [-0.05, 0) is 49.7 Å². The van der Waals surface area contributed by atoms with Crippen molar-refractivity contribution in [3.8, 4) is 11.5 Å². The van der Waals surface area contributed by atoms with E-state index in [1.807, 2.05) is 12.1 Å². The van der Waals surface area contributed by atoms with Crippen molar-refractivity contribution in [3.05, 3.63) is 21.9 Å². The molecular weight excluding hydrogens is 565 g/mol. The Morgan fingerprint density at radius 3 is 1.40 bits per heavy atom. The molecule has 1 aromatic rings. The van der Waals surface area contributed by atoms with E-state index < -0.39 is 0 Å². The molecule has 1 fully saturated rings. The minimum Gasteiger partial charge on any atom is -0.492 e. The summed E-state index contributed by atoms with van der Waals surface area (Å²) in [6.07, 6.45) is 12.9. The summed E-state index contributed by atoms with van der Waals surface area (Å²) in [6.45, 7) is 15.6. The van der Waals surface area contributed by atoms with Gasteiger partial charge in [-0.2, -0.15) is 0 Å². The first-order valence-corrected chi connectivity index (χ1v) is 18.2. The molecule has 0 spiro atoms. The number of nitrogens with zero attached hydrogens (tertiary/aromatic N) is 2. The second-order valence-electron chi connectivity index (χ2n) is 11.6. The van der Waals surface area contributed by atoms with E-state index in [0.717, 1.165) is 76.9 Å². The van der Waals surface area contributed by atoms with Gasteiger partial charge < -0.3 is 9.47 Å². The number of unbranched alkanes of at least 4 members (excludes halogenated alkanes) is 4. The van der Waals surface area contributed by atoms with Crippen LogP contribution in [0.4, 0.5) is 0 Å². The molecule has 2 atom stereocenters. The van der Waals surface area contributed by atoms with Crippen LogP contribution in [0, 0.1) is 11.8 Å². The quantitative estimate of drug-likeness (QED) is 0.107. The van der Waals surface area contributed by atoms with Crippen LogP contribution in [0.3, 0.4) is 0 Å². The number of fused-ring (bicyclic) bond motifs is 1. The number of carbonyl (C=O) groups is 2. The van der Waals surface area contributed by atoms with Crippen LogP contribution in [0.15, 0.2) is 31.7 Å². The molecule has 0 bridgehead atoms. The van der Waals surface area contributed by atoms with Crippen LogP contribution in [-0.2, 0) is 9.59 Å². The van der Waals surface area contributed by atoms with Crippen LogP contribution >= 0.6 is 23.5 Å². The van der Waals surface area contributed by atoms with E-state index in [4.69, 9.17) is 9.47 Å². The highest BCUT2D eigenvalue weighted by atomic mass is 32.2. The molecule has 1 saturated heterocycles. The minimum atomic E-state index is -0.173. The molecule has 2 amide bonds. The molecule has 2 aliphatic rings. The first-order chi connectivity index (χ1) is 20.4. The van der Waals surface area contributed by atoms with E-state index in [0.29, 0.717) is 43.7 Å². The molecule has 2 heterocycles. The Labute approximate surface area is 263 Å². The Balaban J connectivity index is 1.93. The van der Waals surface area contributed by atoms with Gasteiger partial charge in [0.1, 0.15) is 17.1 Å². The van der Waals surface area contributed by atoms with Crippen LogP contribution < -0.4 is 9.47 Å². The van der Waals surface area contributed by atoms with Crippen LogP contribution in [0.25, 0.3) is 0 Å². The van der Waals surface area contributed by atoms with Crippen LogP contribution in [0.2, 0.25) is 0 Å². The van der Waals surface area contributed by atoms with Gasteiger partial charge in [0.15, 0.2) is 0 Å². The molecule has 0 radical (unpaired) electrons. The lowest BCUT2D eigenvalue weighted by atomic mass is 10.0. The molecule has 0 aromatic heterocycles. The highest BCUT2D eigenvalue weighted by Gasteiger charge is 2.44. The zero-order valence-corrected chi connectivity index (χ0v) is 28.6. The molecule has 0 N–H and O–H groups in total. The van der Waals surface area contributed by atoms with Crippen molar-refractivity contribution in [2.75, 3.05) is 26.3 Å². The lowest BCUT2D eigenvalue weighted by Gasteiger charge is -2.27. The molecule has 236 valence electrons. The average Bonchev–Trinajstić information content (AvgIpc) is 3.53. The summed E-state index contributed by atoms with van der Waals surface area (Å²) >= 11 is 3.01. The largest absolute Gasteiger partial charge is 0.492 e. The van der Waals surface area contributed by atoms with Crippen LogP contribution in [0.1, 0.15) is 119 Å². The molecule has 2 unspecified atom stereocenters. The van der Waals surface area contributed by atoms with Gasteiger partial charge in [0, 0.05) is 13.1 Å². The van der Waals surface area contributed by atoms with E-state index in [-0.39, 0.29) is 11.8 Å². The number of hydrogen-bond donors (Lipinski definition) is 0. The summed E-state index contributed by atoms with van der Waals surface area (Å²) in [6, 6.07) is 4.04. The first kappa shape index (κ1) is 34.7. The molecule has 8 heteroatoms. The fourth-order valence-electron chi connectivity index (χ4n) is 5.27. The minimum absolute atomic E-state index is 0.173. The third-order valence-corrected chi connectivity index (χ3v) is 10.9. The SMILES string of the molecule is CCCCC(CC)COc1ccc(OCC(CC)CCCC)c2c1SC(=C1C(=O)N(CCCC)N(CCCC)C1=O)S2. The normalized spacial score (nSPS) is 16.4. The number of rotatable bonds is 20. The van der Waals surface area contributed by atoms with Crippen molar-refractivity contribution in [1.29, 1.82) is 0 Å². The van der Waals surface area contributed by atoms with Crippen LogP contribution in [0.5, 0.6) is 11.5 Å². The van der Waals surface area contributed by atoms with Crippen molar-refractivity contribution in [3.63, 3.8) is 0 Å². The number of benzene rings is 1. The third-order valence-electron chi connectivity index (χ3n) is 8.30. The summed E-state index contributed by atoms with van der Waals surface area (Å²) < 4.78 is 13.7. The second-order valence-corrected chi connectivity index (χ2v) is 13.9. The Bertz CT molecular complexity index is 981. The topological polar surface area (TPSA) is 59.1 Å². The van der Waals surface area contributed by atoms with Crippen molar-refractivity contribution in [2.45, 2.75) is 128 Å². The Morgan fingerprint density at radius 2 is 1.05 bits per heavy atom. The van der Waals surface area contributed by atoms with Crippen molar-refractivity contribution in [1.82, 2.24) is 10.0 Å². The lowest BCUT2D eigenvalue weighted by molar-refractivity contribution is -0.147. The van der Waals surface area contributed by atoms with Gasteiger partial charge in [-0.25, -0.2) is 10.0 Å². The number of hydrazine groups is 1. The van der Waals surface area contributed by atoms with Gasteiger partial charge in [-0.3, -0.25) is 9.59 Å². The van der Waals surface area contributed by atoms with E-state index in [1.165, 1.54) is 49.2 Å². The molecule has 1 aromatic carbocycles. The van der Waals surface area contributed by atoms with Crippen molar-refractivity contribution >= 4 is 35.3 Å². The number of carbonyl (C=O) groups excluding carboxylic acids is 2. The van der Waals surface area contributed by atoms with Gasteiger partial charge in [-0.15, -0.1) is 0 Å². The number of hydrogen-bond acceptors (Lipinski definition) is 6. The predicted molar refractivity (Wildman–Crippen MR) is 176 cm³/mol. The summed E-state index contributed by atoms with van der Waals surface area (Å²) in [5.74, 6) is 2.31. The van der Waals surface area contributed by atoms with E-state index in [9.17, 15) is 9.59 Å². The standard InChI is InChI=1S/C34H54N2O4S2/c1-7-13-17-25(11-5)23-39-27-19-20-28(40-24-26(12-6)18-14-8-2)31-30(27)41-34(42-31)29-32(37)35(21-15-9-3)36(33(29)38)22-16-10-4/h19-20,25-26H,7-18,21-24H2,1-6H3. The summed E-state index contributed by atoms with van der Waals surface area (Å²) in [5.41, 5.74) is 0.300. The molecule has 6 nitrogen and oxygen atoms in total. The van der Waals surface area contributed by atoms with Crippen molar-refractivity contribution in [2.24, 2.45) is 11.8 Å². The molecule has 42 heavy (non-hydrogen) atoms. The zero-order valence-electron chi connectivity index (χ0n) is 27.0. The maximum atomic E-state index is 13.7. The molecular formula is C34H54N2O4S2. The van der Waals surface area contributed by atoms with E-state index >= 15 is 0 Å². The van der Waals surface area contributed by atoms with Gasteiger partial charge in [0.25, 0.3) is 11.8 Å². The zero-order chi connectivity index (χ0) is 30.5. The second kappa shape index (κ2) is 18.1. The highest BCUT2D eigenvalue weighted by Crippen LogP contribution is 2.59. The first-order valence-electron chi connectivity index (χ1n) is 16.6. The third kappa shape index (κ3) is 8.87. The Hall–Kier alpha value is -1.80. The average molecular weight is 619 g/mol. The number of amides is 2. The van der Waals surface area contributed by atoms with Crippen LogP contribution in [-0.4, -0.2) is 48.1 Å². The maximum absolute atomic E-state index is 13.7. The predicted octanol–water partition coefficient (Wildman–Crippen LogP) is 9.47. The Morgan fingerprint density at radius 1 is 0.643 bits per heavy atom. The molecule has 0 saturated carbocycles. The fraction of sp³-hybridized carbons (Fsp3) is 0.706. The molecule has 0 aliphatic carbocycles. The summed E-state index contributed by atoms with van der Waals surface area (Å²) in [4.78, 5) is 29.4. The smallest absolute Gasteiger partial charge is 0.279 e. The number of thioether (sulfide) groups is 2. The summed E-state index contributed by atoms with van der Waals surface area (Å²) in [7, 11) is 0. The highest BCUT2D eigenvalue weighted by molar-refractivity contribution is 8.25. The van der Waals surface area contributed by atoms with Gasteiger partial charge in [0.2, 0.25) is 0 Å². The lowest BCUT2D eigenvalue weighted by Crippen LogP contribution is -2.42. The Kier molecular flexibility index (Phi) is 15.0. The van der Waals surface area contributed by atoms with Crippen molar-refractivity contribution < 1.29 is 19.1 Å².